The molecular weight excluding hydrogens is 438 g/mol. The number of allylic oxidation sites excluding steroid dienone is 1. The number of unbranched alkanes of at least 4 members (excludes halogenated alkanes) is 4. The first kappa shape index (κ1) is 29.2. The van der Waals surface area contributed by atoms with Crippen molar-refractivity contribution in [2.24, 2.45) is 0 Å². The van der Waals surface area contributed by atoms with Crippen LogP contribution in [0.2, 0.25) is 0 Å². The Morgan fingerprint density at radius 3 is 1.48 bits per heavy atom. The SMILES string of the molecule is CCCC[N+](CCCC)(CCCC)CCCC.O=C1C=C(S(=O)(=O)O)c2ccccc2C1=O. The summed E-state index contributed by atoms with van der Waals surface area (Å²) in [5.74, 6) is -1.73. The van der Waals surface area contributed by atoms with E-state index in [4.69, 9.17) is 4.55 Å². The maximum atomic E-state index is 11.4. The molecule has 1 aliphatic carbocycles. The fourth-order valence-corrected chi connectivity index (χ4v) is 4.86. The summed E-state index contributed by atoms with van der Waals surface area (Å²) in [7, 11) is -4.51. The molecule has 0 heterocycles. The molecule has 0 bridgehead atoms. The number of benzene rings is 1. The van der Waals surface area contributed by atoms with Gasteiger partial charge in [-0.25, -0.2) is 0 Å². The first-order valence-electron chi connectivity index (χ1n) is 12.4. The van der Waals surface area contributed by atoms with Gasteiger partial charge in [-0.3, -0.25) is 14.1 Å². The average Bonchev–Trinajstić information content (AvgIpc) is 2.80. The van der Waals surface area contributed by atoms with Crippen molar-refractivity contribution in [3.63, 3.8) is 0 Å². The number of fused-ring (bicyclic) bond motifs is 1. The molecule has 0 aromatic heterocycles. The Morgan fingerprint density at radius 2 is 1.12 bits per heavy atom. The third kappa shape index (κ3) is 9.14. The lowest BCUT2D eigenvalue weighted by atomic mass is 9.95. The molecule has 7 heteroatoms. The zero-order valence-corrected chi connectivity index (χ0v) is 21.6. The summed E-state index contributed by atoms with van der Waals surface area (Å²) in [5, 5.41) is 0. The summed E-state index contributed by atoms with van der Waals surface area (Å²) < 4.78 is 32.4. The van der Waals surface area contributed by atoms with Crippen molar-refractivity contribution in [3.05, 3.63) is 41.5 Å². The van der Waals surface area contributed by atoms with Gasteiger partial charge in [-0.1, -0.05) is 77.6 Å². The molecule has 0 aliphatic heterocycles. The molecule has 0 atom stereocenters. The van der Waals surface area contributed by atoms with Crippen molar-refractivity contribution in [2.45, 2.75) is 79.1 Å². The summed E-state index contributed by atoms with van der Waals surface area (Å²) in [4.78, 5) is 22.1. The molecule has 1 aromatic rings. The summed E-state index contributed by atoms with van der Waals surface area (Å²) >= 11 is 0. The quantitative estimate of drug-likeness (QED) is 0.223. The van der Waals surface area contributed by atoms with Crippen LogP contribution in [0.5, 0.6) is 0 Å². The Labute approximate surface area is 200 Å². The first-order chi connectivity index (χ1) is 15.7. The number of quaternary nitrogens is 1. The Hall–Kier alpha value is -1.83. The summed E-state index contributed by atoms with van der Waals surface area (Å²) in [6.07, 6.45) is 11.7. The maximum absolute atomic E-state index is 11.4. The fourth-order valence-electron chi connectivity index (χ4n) is 4.15. The summed E-state index contributed by atoms with van der Waals surface area (Å²) in [6.45, 7) is 15.0. The zero-order chi connectivity index (χ0) is 24.9. The van der Waals surface area contributed by atoms with Crippen LogP contribution >= 0.6 is 0 Å². The van der Waals surface area contributed by atoms with Crippen molar-refractivity contribution in [1.29, 1.82) is 0 Å². The van der Waals surface area contributed by atoms with Crippen molar-refractivity contribution in [1.82, 2.24) is 0 Å². The summed E-state index contributed by atoms with van der Waals surface area (Å²) in [6, 6.07) is 5.73. The van der Waals surface area contributed by atoms with E-state index in [-0.39, 0.29) is 11.1 Å². The highest BCUT2D eigenvalue weighted by Gasteiger charge is 2.30. The highest BCUT2D eigenvalue weighted by atomic mass is 32.2. The molecular formula is C26H42NO5S+. The second kappa shape index (κ2) is 14.4. The van der Waals surface area contributed by atoms with Gasteiger partial charge in [-0.05, 0) is 25.7 Å². The lowest BCUT2D eigenvalue weighted by Crippen LogP contribution is -2.50. The van der Waals surface area contributed by atoms with E-state index in [2.05, 4.69) is 27.7 Å². The van der Waals surface area contributed by atoms with Crippen LogP contribution in [-0.2, 0) is 14.9 Å². The zero-order valence-electron chi connectivity index (χ0n) is 20.8. The first-order valence-corrected chi connectivity index (χ1v) is 13.8. The lowest BCUT2D eigenvalue weighted by Gasteiger charge is -2.39. The molecule has 0 spiro atoms. The standard InChI is InChI=1S/C16H36N.C10H6O5S/c1-5-9-13-17(14-10-6-2,15-11-7-3)16-12-8-4;11-8-5-9(16(13,14)15)6-3-1-2-4-7(6)10(8)12/h5-16H2,1-4H3;1-5H,(H,13,14,15)/q+1;. The third-order valence-electron chi connectivity index (χ3n) is 6.15. The Morgan fingerprint density at radius 1 is 0.727 bits per heavy atom. The normalized spacial score (nSPS) is 13.8. The predicted molar refractivity (Wildman–Crippen MR) is 135 cm³/mol. The molecule has 0 radical (unpaired) electrons. The lowest BCUT2D eigenvalue weighted by molar-refractivity contribution is -0.929. The molecule has 0 fully saturated rings. The van der Waals surface area contributed by atoms with Gasteiger partial charge in [0.15, 0.2) is 0 Å². The molecule has 186 valence electrons. The van der Waals surface area contributed by atoms with Crippen LogP contribution in [-0.4, -0.2) is 55.2 Å². The van der Waals surface area contributed by atoms with Crippen LogP contribution in [0.3, 0.4) is 0 Å². The molecule has 0 unspecified atom stereocenters. The van der Waals surface area contributed by atoms with Gasteiger partial charge in [-0.15, -0.1) is 0 Å². The monoisotopic (exact) mass is 480 g/mol. The van der Waals surface area contributed by atoms with Gasteiger partial charge in [0.05, 0.1) is 26.2 Å². The molecule has 1 aromatic carbocycles. The largest absolute Gasteiger partial charge is 0.324 e. The smallest absolute Gasteiger partial charge is 0.295 e. The van der Waals surface area contributed by atoms with Crippen LogP contribution < -0.4 is 0 Å². The molecule has 0 saturated carbocycles. The van der Waals surface area contributed by atoms with Crippen LogP contribution in [0.1, 0.15) is 95.0 Å². The minimum Gasteiger partial charge on any atom is -0.324 e. The Kier molecular flexibility index (Phi) is 12.8. The average molecular weight is 481 g/mol. The van der Waals surface area contributed by atoms with Crippen molar-refractivity contribution in [3.8, 4) is 0 Å². The number of carbonyl (C=O) groups excluding carboxylic acids is 2. The highest BCUT2D eigenvalue weighted by Crippen LogP contribution is 2.28. The molecule has 2 rings (SSSR count). The van der Waals surface area contributed by atoms with Crippen LogP contribution in [0.4, 0.5) is 0 Å². The molecule has 0 saturated heterocycles. The second-order valence-corrected chi connectivity index (χ2v) is 10.3. The minimum absolute atomic E-state index is 0.0115. The van der Waals surface area contributed by atoms with E-state index in [1.54, 1.807) is 0 Å². The van der Waals surface area contributed by atoms with Gasteiger partial charge in [0, 0.05) is 17.2 Å². The van der Waals surface area contributed by atoms with Gasteiger partial charge < -0.3 is 4.48 Å². The number of hydrogen-bond donors (Lipinski definition) is 1. The molecule has 1 N–H and O–H groups in total. The topological polar surface area (TPSA) is 88.5 Å². The molecule has 33 heavy (non-hydrogen) atoms. The van der Waals surface area contributed by atoms with E-state index in [0.29, 0.717) is 6.08 Å². The van der Waals surface area contributed by atoms with Crippen LogP contribution in [0, 0.1) is 0 Å². The van der Waals surface area contributed by atoms with Crippen molar-refractivity contribution < 1.29 is 27.0 Å². The predicted octanol–water partition coefficient (Wildman–Crippen LogP) is 5.68. The summed E-state index contributed by atoms with van der Waals surface area (Å²) in [5.41, 5.74) is 0.0391. The van der Waals surface area contributed by atoms with Gasteiger partial charge in [-0.2, -0.15) is 8.42 Å². The van der Waals surface area contributed by atoms with Gasteiger partial charge in [0.25, 0.3) is 10.1 Å². The van der Waals surface area contributed by atoms with Gasteiger partial charge >= 0.3 is 0 Å². The highest BCUT2D eigenvalue weighted by molar-refractivity contribution is 7.95. The number of Topliss-reactive ketones (excluding diaryl/α,β-unsaturated/α-hetero) is 1. The van der Waals surface area contributed by atoms with E-state index in [1.165, 1.54) is 106 Å². The van der Waals surface area contributed by atoms with E-state index in [1.807, 2.05) is 0 Å². The van der Waals surface area contributed by atoms with Crippen molar-refractivity contribution >= 4 is 26.6 Å². The molecule has 6 nitrogen and oxygen atoms in total. The molecule has 0 amide bonds. The maximum Gasteiger partial charge on any atom is 0.295 e. The van der Waals surface area contributed by atoms with E-state index in [9.17, 15) is 18.0 Å². The minimum atomic E-state index is -4.51. The van der Waals surface area contributed by atoms with Gasteiger partial charge in [0.2, 0.25) is 11.6 Å². The third-order valence-corrected chi connectivity index (χ3v) is 7.04. The van der Waals surface area contributed by atoms with E-state index in [0.717, 1.165) is 0 Å². The van der Waals surface area contributed by atoms with Crippen LogP contribution in [0.15, 0.2) is 30.3 Å². The molecule has 1 aliphatic rings. The number of hydrogen-bond acceptors (Lipinski definition) is 4. The number of rotatable bonds is 13. The number of carbonyl (C=O) groups is 2. The fraction of sp³-hybridized carbons (Fsp3) is 0.615. The Bertz CT molecular complexity index is 868. The van der Waals surface area contributed by atoms with Gasteiger partial charge in [0.1, 0.15) is 4.91 Å². The van der Waals surface area contributed by atoms with E-state index >= 15 is 0 Å². The van der Waals surface area contributed by atoms with Crippen LogP contribution in [0.25, 0.3) is 4.91 Å². The van der Waals surface area contributed by atoms with E-state index < -0.39 is 26.6 Å². The number of nitrogens with zero attached hydrogens (tertiary/aromatic N) is 1. The second-order valence-electron chi connectivity index (χ2n) is 8.87. The number of ketones is 2. The Balaban J connectivity index is 0.000000330. The van der Waals surface area contributed by atoms with Crippen molar-refractivity contribution in [2.75, 3.05) is 26.2 Å².